The van der Waals surface area contributed by atoms with E-state index in [0.29, 0.717) is 35.4 Å². The van der Waals surface area contributed by atoms with Crippen molar-refractivity contribution >= 4 is 55.0 Å². The fraction of sp³-hybridized carbons (Fsp3) is 0.423. The van der Waals surface area contributed by atoms with Gasteiger partial charge in [0.25, 0.3) is 0 Å². The van der Waals surface area contributed by atoms with Gasteiger partial charge in [-0.05, 0) is 52.1 Å². The molecule has 2 aliphatic heterocycles. The highest BCUT2D eigenvalue weighted by Gasteiger charge is 2.34. The molecule has 200 valence electrons. The highest BCUT2D eigenvalue weighted by atomic mass is 35.5. The van der Waals surface area contributed by atoms with E-state index in [0.717, 1.165) is 37.3 Å². The first-order valence-electron chi connectivity index (χ1n) is 12.5. The Morgan fingerprint density at radius 1 is 1.18 bits per heavy atom. The minimum Gasteiger partial charge on any atom is -0.459 e. The third kappa shape index (κ3) is 4.51. The van der Waals surface area contributed by atoms with E-state index < -0.39 is 11.6 Å². The number of likely N-dealkylation sites (N-methyl/N-ethyl adjacent to an activating group) is 1. The lowest BCUT2D eigenvalue weighted by Crippen LogP contribution is -2.51. The van der Waals surface area contributed by atoms with Gasteiger partial charge in [-0.25, -0.2) is 13.8 Å². The van der Waals surface area contributed by atoms with Crippen molar-refractivity contribution in [1.29, 1.82) is 0 Å². The third-order valence-corrected chi connectivity index (χ3v) is 8.26. The number of nitrogens with zero attached hydrogens (tertiary/aromatic N) is 5. The summed E-state index contributed by atoms with van der Waals surface area (Å²) < 4.78 is 37.3. The maximum Gasteiger partial charge on any atom is 0.319 e. The molecule has 0 aliphatic carbocycles. The number of fused-ring (bicyclic) bond motifs is 4. The minimum atomic E-state index is -0.640. The van der Waals surface area contributed by atoms with Crippen LogP contribution < -0.4 is 20.7 Å². The van der Waals surface area contributed by atoms with Crippen molar-refractivity contribution in [2.75, 3.05) is 44.4 Å². The average Bonchev–Trinajstić information content (AvgIpc) is 3.41. The van der Waals surface area contributed by atoms with Gasteiger partial charge >= 0.3 is 6.01 Å². The molecule has 3 atom stereocenters. The Labute approximate surface area is 227 Å². The Balaban J connectivity index is 1.54. The number of aromatic nitrogens is 3. The smallest absolute Gasteiger partial charge is 0.319 e. The van der Waals surface area contributed by atoms with Crippen LogP contribution >= 0.6 is 22.9 Å². The largest absolute Gasteiger partial charge is 0.459 e. The number of hydrogen-bond acceptors (Lipinski definition) is 9. The summed E-state index contributed by atoms with van der Waals surface area (Å²) in [6.07, 6.45) is 1.95. The van der Waals surface area contributed by atoms with Gasteiger partial charge in [0.1, 0.15) is 23.3 Å². The molecule has 3 unspecified atom stereocenters. The summed E-state index contributed by atoms with van der Waals surface area (Å²) in [5.41, 5.74) is 6.66. The van der Waals surface area contributed by atoms with Crippen LogP contribution in [0.2, 0.25) is 5.02 Å². The quantitative estimate of drug-likeness (QED) is 0.351. The second-order valence-electron chi connectivity index (χ2n) is 10.3. The van der Waals surface area contributed by atoms with E-state index in [1.54, 1.807) is 6.07 Å². The fourth-order valence-electron chi connectivity index (χ4n) is 5.60. The van der Waals surface area contributed by atoms with Gasteiger partial charge in [0, 0.05) is 48.2 Å². The van der Waals surface area contributed by atoms with Crippen molar-refractivity contribution < 1.29 is 13.5 Å². The third-order valence-electron chi connectivity index (χ3n) is 7.07. The van der Waals surface area contributed by atoms with Crippen molar-refractivity contribution in [3.8, 4) is 17.1 Å². The first kappa shape index (κ1) is 25.4. The lowest BCUT2D eigenvalue weighted by Gasteiger charge is -2.34. The van der Waals surface area contributed by atoms with Gasteiger partial charge in [0.2, 0.25) is 0 Å². The highest BCUT2D eigenvalue weighted by molar-refractivity contribution is 7.22. The Kier molecular flexibility index (Phi) is 6.50. The zero-order valence-electron chi connectivity index (χ0n) is 21.3. The van der Waals surface area contributed by atoms with Crippen LogP contribution in [-0.2, 0) is 0 Å². The van der Waals surface area contributed by atoms with E-state index in [-0.39, 0.29) is 43.6 Å². The van der Waals surface area contributed by atoms with Gasteiger partial charge in [-0.2, -0.15) is 9.97 Å². The minimum absolute atomic E-state index is 0.0896. The molecule has 0 amide bonds. The van der Waals surface area contributed by atoms with Crippen LogP contribution in [0.5, 0.6) is 6.01 Å². The predicted molar refractivity (Wildman–Crippen MR) is 148 cm³/mol. The number of nitrogens with one attached hydrogen (secondary N) is 1. The second-order valence-corrected chi connectivity index (χ2v) is 11.8. The van der Waals surface area contributed by atoms with Gasteiger partial charge in [0.15, 0.2) is 10.9 Å². The Bertz CT molecular complexity index is 1540. The van der Waals surface area contributed by atoms with Crippen molar-refractivity contribution in [2.45, 2.75) is 38.0 Å². The summed E-state index contributed by atoms with van der Waals surface area (Å²) in [6.45, 7) is 4.05. The number of nitrogens with two attached hydrogens (primary N) is 1. The van der Waals surface area contributed by atoms with E-state index in [1.807, 2.05) is 25.9 Å². The maximum atomic E-state index is 16.5. The SMILES string of the molecule is CC(CN(C)C)Oc1nc(N2CC3CCC(C2)N3)c2cc(Cl)c(-c3ccc(F)c4sc(N)nc34)c(F)c2n1. The van der Waals surface area contributed by atoms with Crippen molar-refractivity contribution in [3.05, 3.63) is 34.9 Å². The second kappa shape index (κ2) is 9.71. The standard InChI is InChI=1S/C26H28ClF2N7OS/c1-12(9-35(2)3)37-26-33-21-16(24(34-26)36-10-13-4-5-14(11-36)31-13)8-17(27)19(20(21)29)15-6-7-18(28)23-22(15)32-25(30)38-23/h6-8,12-14,31H,4-5,9-11H2,1-3H3,(H2,30,32). The molecule has 12 heteroatoms. The molecular formula is C26H28ClF2N7OS. The first-order chi connectivity index (χ1) is 18.2. The molecule has 2 aliphatic rings. The highest BCUT2D eigenvalue weighted by Crippen LogP contribution is 2.43. The molecule has 0 spiro atoms. The molecule has 2 aromatic heterocycles. The van der Waals surface area contributed by atoms with E-state index in [4.69, 9.17) is 27.1 Å². The van der Waals surface area contributed by atoms with Crippen LogP contribution in [-0.4, -0.2) is 71.8 Å². The van der Waals surface area contributed by atoms with Gasteiger partial charge in [0.05, 0.1) is 15.2 Å². The van der Waals surface area contributed by atoms with Crippen LogP contribution in [0.25, 0.3) is 32.2 Å². The fourth-order valence-corrected chi connectivity index (χ4v) is 6.65. The molecule has 2 bridgehead atoms. The van der Waals surface area contributed by atoms with E-state index in [1.165, 1.54) is 12.1 Å². The lowest BCUT2D eigenvalue weighted by molar-refractivity contribution is 0.164. The molecule has 3 N–H and O–H groups in total. The Hall–Kier alpha value is -2.86. The number of piperazine rings is 1. The van der Waals surface area contributed by atoms with E-state index >= 15 is 4.39 Å². The van der Waals surface area contributed by atoms with E-state index in [9.17, 15) is 4.39 Å². The van der Waals surface area contributed by atoms with Crippen molar-refractivity contribution in [3.63, 3.8) is 0 Å². The van der Waals surface area contributed by atoms with Gasteiger partial charge in [-0.3, -0.25) is 0 Å². The van der Waals surface area contributed by atoms with Gasteiger partial charge < -0.3 is 25.6 Å². The van der Waals surface area contributed by atoms with E-state index in [2.05, 4.69) is 20.2 Å². The maximum absolute atomic E-state index is 16.5. The zero-order chi connectivity index (χ0) is 26.7. The van der Waals surface area contributed by atoms with Crippen molar-refractivity contribution in [1.82, 2.24) is 25.2 Å². The van der Waals surface area contributed by atoms with Crippen molar-refractivity contribution in [2.24, 2.45) is 0 Å². The normalized spacial score (nSPS) is 20.1. The molecule has 6 rings (SSSR count). The number of nitrogen functional groups attached to an aromatic ring is 1. The molecule has 0 radical (unpaired) electrons. The first-order valence-corrected chi connectivity index (χ1v) is 13.7. The summed E-state index contributed by atoms with van der Waals surface area (Å²) in [5, 5.41) is 4.46. The number of benzene rings is 2. The van der Waals surface area contributed by atoms with Crippen LogP contribution in [0.4, 0.5) is 19.7 Å². The number of ether oxygens (including phenoxy) is 1. The summed E-state index contributed by atoms with van der Waals surface area (Å²) in [4.78, 5) is 17.7. The number of halogens is 3. The summed E-state index contributed by atoms with van der Waals surface area (Å²) in [6, 6.07) is 5.22. The molecule has 4 heterocycles. The summed E-state index contributed by atoms with van der Waals surface area (Å²) >= 11 is 7.75. The topological polar surface area (TPSA) is 92.4 Å². The number of hydrogen-bond donors (Lipinski definition) is 2. The molecule has 8 nitrogen and oxygen atoms in total. The number of rotatable bonds is 6. The molecule has 2 saturated heterocycles. The number of thiazole rings is 1. The molecule has 2 aromatic carbocycles. The van der Waals surface area contributed by atoms with Crippen LogP contribution in [0, 0.1) is 11.6 Å². The number of anilines is 2. The predicted octanol–water partition coefficient (Wildman–Crippen LogP) is 4.69. The zero-order valence-corrected chi connectivity index (χ0v) is 22.8. The molecular weight excluding hydrogens is 532 g/mol. The van der Waals surface area contributed by atoms with Crippen LogP contribution in [0.15, 0.2) is 18.2 Å². The Morgan fingerprint density at radius 2 is 1.92 bits per heavy atom. The average molecular weight is 560 g/mol. The molecule has 0 saturated carbocycles. The van der Waals surface area contributed by atoms with Crippen LogP contribution in [0.1, 0.15) is 19.8 Å². The molecule has 38 heavy (non-hydrogen) atoms. The summed E-state index contributed by atoms with van der Waals surface area (Å²) in [5.74, 6) is -0.521. The van der Waals surface area contributed by atoms with Gasteiger partial charge in [-0.15, -0.1) is 0 Å². The van der Waals surface area contributed by atoms with Gasteiger partial charge in [-0.1, -0.05) is 22.9 Å². The molecule has 4 aromatic rings. The Morgan fingerprint density at radius 3 is 2.63 bits per heavy atom. The van der Waals surface area contributed by atoms with Crippen LogP contribution in [0.3, 0.4) is 0 Å². The molecule has 2 fully saturated rings. The monoisotopic (exact) mass is 559 g/mol. The lowest BCUT2D eigenvalue weighted by atomic mass is 10.0. The summed E-state index contributed by atoms with van der Waals surface area (Å²) in [7, 11) is 3.90.